The number of hydrogen-bond acceptors (Lipinski definition) is 4. The molecule has 0 saturated carbocycles. The van der Waals surface area contributed by atoms with E-state index in [0.29, 0.717) is 18.1 Å². The molecule has 2 aromatic rings. The quantitative estimate of drug-likeness (QED) is 0.881. The SMILES string of the molecule is Cc1csc(NC(=O)CCNc2ccccc2C)n1. The molecule has 1 aromatic carbocycles. The van der Waals surface area contributed by atoms with Gasteiger partial charge in [-0.05, 0) is 25.5 Å². The van der Waals surface area contributed by atoms with Crippen LogP contribution in [0.4, 0.5) is 10.8 Å². The van der Waals surface area contributed by atoms with Crippen LogP contribution in [0.25, 0.3) is 0 Å². The molecular weight excluding hydrogens is 258 g/mol. The fraction of sp³-hybridized carbons (Fsp3) is 0.286. The van der Waals surface area contributed by atoms with Crippen molar-refractivity contribution in [2.75, 3.05) is 17.2 Å². The van der Waals surface area contributed by atoms with Crippen LogP contribution in [0.3, 0.4) is 0 Å². The number of carbonyl (C=O) groups is 1. The third kappa shape index (κ3) is 4.06. The van der Waals surface area contributed by atoms with Crippen molar-refractivity contribution in [3.05, 3.63) is 40.9 Å². The minimum Gasteiger partial charge on any atom is -0.384 e. The van der Waals surface area contributed by atoms with E-state index in [9.17, 15) is 4.79 Å². The summed E-state index contributed by atoms with van der Waals surface area (Å²) in [5.74, 6) is -0.0181. The molecule has 0 fully saturated rings. The predicted octanol–water partition coefficient (Wildman–Crippen LogP) is 3.20. The highest BCUT2D eigenvalue weighted by Gasteiger charge is 2.05. The molecule has 2 rings (SSSR count). The highest BCUT2D eigenvalue weighted by Crippen LogP contribution is 2.15. The Kier molecular flexibility index (Phi) is 4.52. The summed E-state index contributed by atoms with van der Waals surface area (Å²) < 4.78 is 0. The molecule has 0 bridgehead atoms. The first-order chi connectivity index (χ1) is 9.15. The number of hydrogen-bond donors (Lipinski definition) is 2. The Hall–Kier alpha value is -1.88. The number of rotatable bonds is 5. The Bertz CT molecular complexity index is 565. The molecule has 0 aliphatic heterocycles. The zero-order valence-electron chi connectivity index (χ0n) is 11.1. The lowest BCUT2D eigenvalue weighted by molar-refractivity contribution is -0.115. The van der Waals surface area contributed by atoms with Gasteiger partial charge in [0.15, 0.2) is 5.13 Å². The van der Waals surface area contributed by atoms with E-state index in [0.717, 1.165) is 11.4 Å². The monoisotopic (exact) mass is 275 g/mol. The van der Waals surface area contributed by atoms with Crippen molar-refractivity contribution < 1.29 is 4.79 Å². The molecule has 1 aromatic heterocycles. The number of para-hydroxylation sites is 1. The van der Waals surface area contributed by atoms with Gasteiger partial charge in [0, 0.05) is 24.0 Å². The van der Waals surface area contributed by atoms with Crippen LogP contribution >= 0.6 is 11.3 Å². The van der Waals surface area contributed by atoms with Crippen LogP contribution in [0.2, 0.25) is 0 Å². The van der Waals surface area contributed by atoms with E-state index in [-0.39, 0.29) is 5.91 Å². The molecule has 0 aliphatic rings. The minimum absolute atomic E-state index is 0.0181. The summed E-state index contributed by atoms with van der Waals surface area (Å²) >= 11 is 1.45. The molecule has 100 valence electrons. The van der Waals surface area contributed by atoms with Gasteiger partial charge in [-0.1, -0.05) is 18.2 Å². The Morgan fingerprint density at radius 2 is 2.11 bits per heavy atom. The van der Waals surface area contributed by atoms with Crippen molar-refractivity contribution in [2.24, 2.45) is 0 Å². The minimum atomic E-state index is -0.0181. The molecule has 0 radical (unpaired) electrons. The largest absolute Gasteiger partial charge is 0.384 e. The molecule has 19 heavy (non-hydrogen) atoms. The Morgan fingerprint density at radius 3 is 2.79 bits per heavy atom. The van der Waals surface area contributed by atoms with Gasteiger partial charge in [0.25, 0.3) is 0 Å². The average molecular weight is 275 g/mol. The van der Waals surface area contributed by atoms with Crippen LogP contribution in [0.5, 0.6) is 0 Å². The average Bonchev–Trinajstić information content (AvgIpc) is 2.77. The van der Waals surface area contributed by atoms with Crippen molar-refractivity contribution in [2.45, 2.75) is 20.3 Å². The van der Waals surface area contributed by atoms with Gasteiger partial charge in [-0.25, -0.2) is 4.98 Å². The van der Waals surface area contributed by atoms with Gasteiger partial charge in [-0.2, -0.15) is 0 Å². The normalized spacial score (nSPS) is 10.2. The second kappa shape index (κ2) is 6.33. The second-order valence-corrected chi connectivity index (χ2v) is 5.19. The van der Waals surface area contributed by atoms with Gasteiger partial charge < -0.3 is 10.6 Å². The van der Waals surface area contributed by atoms with E-state index in [1.54, 1.807) is 0 Å². The summed E-state index contributed by atoms with van der Waals surface area (Å²) in [5.41, 5.74) is 3.18. The van der Waals surface area contributed by atoms with Gasteiger partial charge in [0.05, 0.1) is 5.69 Å². The first-order valence-corrected chi connectivity index (χ1v) is 7.04. The summed E-state index contributed by atoms with van der Waals surface area (Å²) in [5, 5.41) is 8.63. The van der Waals surface area contributed by atoms with Gasteiger partial charge >= 0.3 is 0 Å². The van der Waals surface area contributed by atoms with Crippen molar-refractivity contribution in [3.8, 4) is 0 Å². The van der Waals surface area contributed by atoms with Crippen LogP contribution in [-0.4, -0.2) is 17.4 Å². The summed E-state index contributed by atoms with van der Waals surface area (Å²) in [6, 6.07) is 8.03. The van der Waals surface area contributed by atoms with E-state index < -0.39 is 0 Å². The second-order valence-electron chi connectivity index (χ2n) is 4.33. The first kappa shape index (κ1) is 13.5. The molecular formula is C14H17N3OS. The lowest BCUT2D eigenvalue weighted by Crippen LogP contribution is -2.16. The van der Waals surface area contributed by atoms with Crippen LogP contribution < -0.4 is 10.6 Å². The van der Waals surface area contributed by atoms with Crippen LogP contribution in [0, 0.1) is 13.8 Å². The molecule has 0 unspecified atom stereocenters. The summed E-state index contributed by atoms with van der Waals surface area (Å²) in [4.78, 5) is 15.9. The highest BCUT2D eigenvalue weighted by molar-refractivity contribution is 7.13. The number of amides is 1. The van der Waals surface area contributed by atoms with Crippen LogP contribution in [0.15, 0.2) is 29.6 Å². The third-order valence-corrected chi connectivity index (χ3v) is 3.55. The van der Waals surface area contributed by atoms with E-state index in [4.69, 9.17) is 0 Å². The lowest BCUT2D eigenvalue weighted by atomic mass is 10.2. The van der Waals surface area contributed by atoms with Gasteiger partial charge in [-0.3, -0.25) is 4.79 Å². The molecule has 0 saturated heterocycles. The molecule has 0 aliphatic carbocycles. The predicted molar refractivity (Wildman–Crippen MR) is 79.8 cm³/mol. The Balaban J connectivity index is 1.77. The Labute approximate surface area is 116 Å². The zero-order valence-corrected chi connectivity index (χ0v) is 11.9. The standard InChI is InChI=1S/C14H17N3OS/c1-10-5-3-4-6-12(10)15-8-7-13(18)17-14-16-11(2)9-19-14/h3-6,9,15H,7-8H2,1-2H3,(H,16,17,18). The fourth-order valence-corrected chi connectivity index (χ4v) is 2.38. The number of carbonyl (C=O) groups excluding carboxylic acids is 1. The van der Waals surface area contributed by atoms with Crippen molar-refractivity contribution >= 4 is 28.1 Å². The topological polar surface area (TPSA) is 54.0 Å². The lowest BCUT2D eigenvalue weighted by Gasteiger charge is -2.08. The van der Waals surface area contributed by atoms with Gasteiger partial charge in [0.2, 0.25) is 5.91 Å². The van der Waals surface area contributed by atoms with Crippen molar-refractivity contribution in [1.29, 1.82) is 0 Å². The number of aromatic nitrogens is 1. The smallest absolute Gasteiger partial charge is 0.227 e. The number of anilines is 2. The third-order valence-electron chi connectivity index (χ3n) is 2.68. The first-order valence-electron chi connectivity index (χ1n) is 6.16. The summed E-state index contributed by atoms with van der Waals surface area (Å²) in [6.07, 6.45) is 0.424. The van der Waals surface area contributed by atoms with E-state index in [2.05, 4.69) is 15.6 Å². The number of thiazole rings is 1. The fourth-order valence-electron chi connectivity index (χ4n) is 1.68. The maximum absolute atomic E-state index is 11.7. The maximum atomic E-state index is 11.7. The number of nitrogens with one attached hydrogen (secondary N) is 2. The van der Waals surface area contributed by atoms with E-state index in [1.165, 1.54) is 16.9 Å². The molecule has 1 amide bonds. The zero-order chi connectivity index (χ0) is 13.7. The van der Waals surface area contributed by atoms with Crippen molar-refractivity contribution in [1.82, 2.24) is 4.98 Å². The highest BCUT2D eigenvalue weighted by atomic mass is 32.1. The number of nitrogens with zero attached hydrogens (tertiary/aromatic N) is 1. The van der Waals surface area contributed by atoms with Crippen LogP contribution in [-0.2, 0) is 4.79 Å². The molecule has 2 N–H and O–H groups in total. The number of aryl methyl sites for hydroxylation is 2. The maximum Gasteiger partial charge on any atom is 0.227 e. The molecule has 1 heterocycles. The Morgan fingerprint density at radius 1 is 1.32 bits per heavy atom. The van der Waals surface area contributed by atoms with Gasteiger partial charge in [0.1, 0.15) is 0 Å². The molecule has 0 atom stereocenters. The summed E-state index contributed by atoms with van der Waals surface area (Å²) in [7, 11) is 0. The molecule has 5 heteroatoms. The van der Waals surface area contributed by atoms with E-state index >= 15 is 0 Å². The van der Waals surface area contributed by atoms with Gasteiger partial charge in [-0.15, -0.1) is 11.3 Å². The molecule has 0 spiro atoms. The van der Waals surface area contributed by atoms with E-state index in [1.807, 2.05) is 43.5 Å². The van der Waals surface area contributed by atoms with Crippen molar-refractivity contribution in [3.63, 3.8) is 0 Å². The number of benzene rings is 1. The van der Waals surface area contributed by atoms with Crippen LogP contribution in [0.1, 0.15) is 17.7 Å². The molecule has 4 nitrogen and oxygen atoms in total. The summed E-state index contributed by atoms with van der Waals surface area (Å²) in [6.45, 7) is 4.56.